The van der Waals surface area contributed by atoms with Crippen LogP contribution in [0.2, 0.25) is 0 Å². The fourth-order valence-corrected chi connectivity index (χ4v) is 3.88. The zero-order valence-corrected chi connectivity index (χ0v) is 14.2. The van der Waals surface area contributed by atoms with Gasteiger partial charge in [-0.25, -0.2) is 4.39 Å². The minimum absolute atomic E-state index is 0.117. The van der Waals surface area contributed by atoms with E-state index in [1.807, 2.05) is 30.5 Å². The molecule has 1 saturated carbocycles. The van der Waals surface area contributed by atoms with Crippen LogP contribution in [0.5, 0.6) is 0 Å². The summed E-state index contributed by atoms with van der Waals surface area (Å²) in [5, 5.41) is 0. The van der Waals surface area contributed by atoms with Gasteiger partial charge in [0.25, 0.3) is 0 Å². The summed E-state index contributed by atoms with van der Waals surface area (Å²) in [5.41, 5.74) is 2.23. The molecule has 0 spiro atoms. The van der Waals surface area contributed by atoms with E-state index in [1.54, 1.807) is 6.20 Å². The van der Waals surface area contributed by atoms with Crippen LogP contribution in [0.1, 0.15) is 24.0 Å². The summed E-state index contributed by atoms with van der Waals surface area (Å²) in [6.07, 6.45) is 5.94. The topological polar surface area (TPSA) is 34.6 Å². The van der Waals surface area contributed by atoms with E-state index in [9.17, 15) is 4.39 Å². The number of halogens is 1. The van der Waals surface area contributed by atoms with Gasteiger partial charge in [-0.1, -0.05) is 18.2 Å². The van der Waals surface area contributed by atoms with Gasteiger partial charge in [-0.2, -0.15) is 0 Å². The SMILES string of the molecule is Fc1ccc(CN2CCO[C@@H]3[C@@H](OCc4cccnc4)CC[C@H]32)cc1. The van der Waals surface area contributed by atoms with Gasteiger partial charge in [-0.3, -0.25) is 9.88 Å². The highest BCUT2D eigenvalue weighted by molar-refractivity contribution is 5.16. The van der Waals surface area contributed by atoms with E-state index < -0.39 is 0 Å². The highest BCUT2D eigenvalue weighted by Crippen LogP contribution is 2.33. The molecule has 3 atom stereocenters. The molecule has 2 heterocycles. The summed E-state index contributed by atoms with van der Waals surface area (Å²) >= 11 is 0. The van der Waals surface area contributed by atoms with Gasteiger partial charge in [0, 0.05) is 31.5 Å². The number of hydrogen-bond acceptors (Lipinski definition) is 4. The molecule has 1 aromatic carbocycles. The molecule has 1 saturated heterocycles. The maximum Gasteiger partial charge on any atom is 0.123 e. The van der Waals surface area contributed by atoms with Crippen LogP contribution < -0.4 is 0 Å². The van der Waals surface area contributed by atoms with Gasteiger partial charge in [0.15, 0.2) is 0 Å². The van der Waals surface area contributed by atoms with Crippen molar-refractivity contribution in [1.82, 2.24) is 9.88 Å². The van der Waals surface area contributed by atoms with Crippen molar-refractivity contribution in [3.63, 3.8) is 0 Å². The Bertz CT molecular complexity index is 680. The molecule has 25 heavy (non-hydrogen) atoms. The van der Waals surface area contributed by atoms with Crippen molar-refractivity contribution in [3.05, 3.63) is 65.7 Å². The van der Waals surface area contributed by atoms with Crippen LogP contribution in [0.15, 0.2) is 48.8 Å². The van der Waals surface area contributed by atoms with Crippen molar-refractivity contribution in [2.45, 2.75) is 44.2 Å². The van der Waals surface area contributed by atoms with Gasteiger partial charge < -0.3 is 9.47 Å². The molecule has 0 unspecified atom stereocenters. The molecule has 2 aliphatic rings. The summed E-state index contributed by atoms with van der Waals surface area (Å²) < 4.78 is 25.3. The maximum atomic E-state index is 13.1. The Labute approximate surface area is 147 Å². The van der Waals surface area contributed by atoms with E-state index in [1.165, 1.54) is 12.1 Å². The zero-order chi connectivity index (χ0) is 17.1. The molecule has 2 fully saturated rings. The zero-order valence-electron chi connectivity index (χ0n) is 14.2. The number of fused-ring (bicyclic) bond motifs is 1. The Balaban J connectivity index is 1.37. The normalized spacial score (nSPS) is 26.5. The molecule has 0 N–H and O–H groups in total. The minimum Gasteiger partial charge on any atom is -0.373 e. The van der Waals surface area contributed by atoms with E-state index in [4.69, 9.17) is 9.47 Å². The molecule has 1 aromatic heterocycles. The maximum absolute atomic E-state index is 13.1. The standard InChI is InChI=1S/C20H23FN2O2/c21-17-5-3-15(4-6-17)13-23-10-11-24-20-18(23)7-8-19(20)25-14-16-2-1-9-22-12-16/h1-6,9,12,18-20H,7-8,10-11,13-14H2/t18-,19+,20+/m1/s1. The van der Waals surface area contributed by atoms with Crippen LogP contribution in [0, 0.1) is 5.82 Å². The van der Waals surface area contributed by atoms with Gasteiger partial charge in [-0.05, 0) is 42.2 Å². The molecule has 4 nitrogen and oxygen atoms in total. The van der Waals surface area contributed by atoms with Gasteiger partial charge in [0.1, 0.15) is 5.82 Å². The Morgan fingerprint density at radius 3 is 2.84 bits per heavy atom. The van der Waals surface area contributed by atoms with Crippen molar-refractivity contribution in [2.24, 2.45) is 0 Å². The molecule has 4 rings (SSSR count). The predicted molar refractivity (Wildman–Crippen MR) is 92.4 cm³/mol. The molecule has 132 valence electrons. The van der Waals surface area contributed by atoms with Crippen molar-refractivity contribution < 1.29 is 13.9 Å². The highest BCUT2D eigenvalue weighted by atomic mass is 19.1. The van der Waals surface area contributed by atoms with E-state index in [2.05, 4.69) is 9.88 Å². The van der Waals surface area contributed by atoms with Crippen molar-refractivity contribution >= 4 is 0 Å². The number of rotatable bonds is 5. The fraction of sp³-hybridized carbons (Fsp3) is 0.450. The van der Waals surface area contributed by atoms with Crippen LogP contribution in [0.3, 0.4) is 0 Å². The van der Waals surface area contributed by atoms with Gasteiger partial charge >= 0.3 is 0 Å². The Morgan fingerprint density at radius 2 is 2.04 bits per heavy atom. The number of morpholine rings is 1. The van der Waals surface area contributed by atoms with Gasteiger partial charge in [0.05, 0.1) is 25.4 Å². The van der Waals surface area contributed by atoms with E-state index >= 15 is 0 Å². The average Bonchev–Trinajstić information content (AvgIpc) is 3.07. The number of nitrogens with zero attached hydrogens (tertiary/aromatic N) is 2. The molecule has 0 radical (unpaired) electrons. The second-order valence-electron chi connectivity index (χ2n) is 6.79. The van der Waals surface area contributed by atoms with Crippen LogP contribution in [0.25, 0.3) is 0 Å². The van der Waals surface area contributed by atoms with Gasteiger partial charge in [0.2, 0.25) is 0 Å². The predicted octanol–water partition coefficient (Wildman–Crippen LogP) is 3.17. The molecule has 1 aliphatic heterocycles. The summed E-state index contributed by atoms with van der Waals surface area (Å²) in [4.78, 5) is 6.58. The number of pyridine rings is 1. The molecule has 0 bridgehead atoms. The first-order valence-corrected chi connectivity index (χ1v) is 8.90. The lowest BCUT2D eigenvalue weighted by Crippen LogP contribution is -2.51. The third-order valence-electron chi connectivity index (χ3n) is 5.14. The molecular formula is C20H23FN2O2. The Kier molecular flexibility index (Phi) is 5.06. The molecule has 0 amide bonds. The first-order chi connectivity index (χ1) is 12.3. The monoisotopic (exact) mass is 342 g/mol. The summed E-state index contributed by atoms with van der Waals surface area (Å²) in [5.74, 6) is -0.187. The van der Waals surface area contributed by atoms with E-state index in [0.29, 0.717) is 12.6 Å². The lowest BCUT2D eigenvalue weighted by molar-refractivity contribution is -0.118. The van der Waals surface area contributed by atoms with Crippen LogP contribution in [-0.4, -0.2) is 41.3 Å². The Hall–Kier alpha value is -1.82. The smallest absolute Gasteiger partial charge is 0.123 e. The first-order valence-electron chi connectivity index (χ1n) is 8.90. The van der Waals surface area contributed by atoms with E-state index in [0.717, 1.165) is 43.7 Å². The first kappa shape index (κ1) is 16.6. The van der Waals surface area contributed by atoms with Gasteiger partial charge in [-0.15, -0.1) is 0 Å². The molecule has 1 aliphatic carbocycles. The van der Waals surface area contributed by atoms with Crippen molar-refractivity contribution in [1.29, 1.82) is 0 Å². The lowest BCUT2D eigenvalue weighted by atomic mass is 10.1. The summed E-state index contributed by atoms with van der Waals surface area (Å²) in [7, 11) is 0. The van der Waals surface area contributed by atoms with Crippen molar-refractivity contribution in [3.8, 4) is 0 Å². The molecular weight excluding hydrogens is 319 g/mol. The van der Waals surface area contributed by atoms with E-state index in [-0.39, 0.29) is 18.0 Å². The minimum atomic E-state index is -0.187. The van der Waals surface area contributed by atoms with Crippen LogP contribution >= 0.6 is 0 Å². The van der Waals surface area contributed by atoms with Crippen LogP contribution in [-0.2, 0) is 22.6 Å². The largest absolute Gasteiger partial charge is 0.373 e. The number of ether oxygens (including phenoxy) is 2. The fourth-order valence-electron chi connectivity index (χ4n) is 3.88. The quantitative estimate of drug-likeness (QED) is 0.836. The molecule has 2 aromatic rings. The average molecular weight is 342 g/mol. The third-order valence-corrected chi connectivity index (χ3v) is 5.14. The second kappa shape index (κ2) is 7.60. The second-order valence-corrected chi connectivity index (χ2v) is 6.79. The highest BCUT2D eigenvalue weighted by Gasteiger charge is 2.43. The number of benzene rings is 1. The molecule has 5 heteroatoms. The summed E-state index contributed by atoms with van der Waals surface area (Å²) in [6, 6.07) is 11.1. The van der Waals surface area contributed by atoms with Crippen molar-refractivity contribution in [2.75, 3.05) is 13.2 Å². The van der Waals surface area contributed by atoms with Crippen LogP contribution in [0.4, 0.5) is 4.39 Å². The third kappa shape index (κ3) is 3.89. The Morgan fingerprint density at radius 1 is 1.16 bits per heavy atom. The number of hydrogen-bond donors (Lipinski definition) is 0. The lowest BCUT2D eigenvalue weighted by Gasteiger charge is -2.39. The summed E-state index contributed by atoms with van der Waals surface area (Å²) in [6.45, 7) is 3.03. The number of aromatic nitrogens is 1.